The van der Waals surface area contributed by atoms with Crippen LogP contribution in [0.15, 0.2) is 64.7 Å². The van der Waals surface area contributed by atoms with Gasteiger partial charge in [-0.3, -0.25) is 0 Å². The van der Waals surface area contributed by atoms with Crippen molar-refractivity contribution < 1.29 is 8.42 Å². The summed E-state index contributed by atoms with van der Waals surface area (Å²) in [5, 5.41) is 17.7. The monoisotopic (exact) mass is 397 g/mol. The van der Waals surface area contributed by atoms with Gasteiger partial charge in [0.1, 0.15) is 0 Å². The lowest BCUT2D eigenvalue weighted by atomic mass is 10.2. The maximum atomic E-state index is 12.2. The summed E-state index contributed by atoms with van der Waals surface area (Å²) in [5.74, 6) is 0.416. The molecular weight excluding hydrogens is 382 g/mol. The molecule has 0 aliphatic rings. The number of thiophene rings is 1. The Hall–Kier alpha value is -2.88. The molecule has 7 nitrogen and oxygen atoms in total. The Kier molecular flexibility index (Phi) is 4.80. The summed E-state index contributed by atoms with van der Waals surface area (Å²) < 4.78 is 28.5. The van der Waals surface area contributed by atoms with Crippen molar-refractivity contribution in [2.75, 3.05) is 0 Å². The van der Waals surface area contributed by atoms with Crippen LogP contribution in [0.1, 0.15) is 11.4 Å². The molecule has 0 bridgehead atoms. The lowest BCUT2D eigenvalue weighted by molar-refractivity contribution is 0.587. The molecule has 3 aromatic heterocycles. The van der Waals surface area contributed by atoms with Crippen LogP contribution < -0.4 is 4.72 Å². The topological polar surface area (TPSA) is 89.2 Å². The molecule has 0 saturated carbocycles. The highest BCUT2D eigenvalue weighted by Crippen LogP contribution is 2.20. The van der Waals surface area contributed by atoms with Gasteiger partial charge in [-0.1, -0.05) is 30.3 Å². The van der Waals surface area contributed by atoms with Crippen LogP contribution in [0.4, 0.5) is 0 Å². The molecule has 0 atom stereocenters. The molecule has 0 radical (unpaired) electrons. The van der Waals surface area contributed by atoms with Gasteiger partial charge in [-0.15, -0.1) is 10.2 Å². The van der Waals surface area contributed by atoms with Crippen LogP contribution in [-0.2, 0) is 16.6 Å². The van der Waals surface area contributed by atoms with E-state index >= 15 is 0 Å². The molecule has 3 heterocycles. The minimum absolute atomic E-state index is 0.0112. The molecule has 9 heteroatoms. The fraction of sp³-hybridized carbons (Fsp3) is 0.0556. The molecule has 0 spiro atoms. The average molecular weight is 397 g/mol. The quantitative estimate of drug-likeness (QED) is 0.540. The first kappa shape index (κ1) is 17.5. The van der Waals surface area contributed by atoms with Crippen LogP contribution in [0.2, 0.25) is 0 Å². The molecule has 0 saturated heterocycles. The normalized spacial score (nSPS) is 12.1. The molecule has 0 unspecified atom stereocenters. The van der Waals surface area contributed by atoms with Gasteiger partial charge in [0, 0.05) is 16.4 Å². The fourth-order valence-electron chi connectivity index (χ4n) is 2.45. The van der Waals surface area contributed by atoms with E-state index in [2.05, 4.69) is 20.0 Å². The van der Waals surface area contributed by atoms with Crippen molar-refractivity contribution in [3.05, 3.63) is 76.1 Å². The van der Waals surface area contributed by atoms with E-state index < -0.39 is 10.0 Å². The zero-order valence-electron chi connectivity index (χ0n) is 14.1. The highest BCUT2D eigenvalue weighted by Gasteiger charge is 2.12. The van der Waals surface area contributed by atoms with Crippen molar-refractivity contribution in [2.24, 2.45) is 0 Å². The number of benzene rings is 1. The van der Waals surface area contributed by atoms with Gasteiger partial charge in [0.25, 0.3) is 0 Å². The van der Waals surface area contributed by atoms with Gasteiger partial charge in [0.2, 0.25) is 10.0 Å². The summed E-state index contributed by atoms with van der Waals surface area (Å²) in [6, 6.07) is 14.9. The molecule has 0 amide bonds. The molecular formula is C18H15N5O2S2. The largest absolute Gasteiger partial charge is 0.234 e. The van der Waals surface area contributed by atoms with Gasteiger partial charge in [-0.05, 0) is 35.2 Å². The number of hydrogen-bond acceptors (Lipinski definition) is 6. The van der Waals surface area contributed by atoms with E-state index in [4.69, 9.17) is 0 Å². The van der Waals surface area contributed by atoms with E-state index in [1.54, 1.807) is 21.9 Å². The Morgan fingerprint density at radius 2 is 1.93 bits per heavy atom. The van der Waals surface area contributed by atoms with Gasteiger partial charge in [0.15, 0.2) is 11.5 Å². The third-order valence-corrected chi connectivity index (χ3v) is 5.54. The third-order valence-electron chi connectivity index (χ3n) is 3.82. The van der Waals surface area contributed by atoms with E-state index in [1.807, 2.05) is 53.2 Å². The van der Waals surface area contributed by atoms with E-state index in [9.17, 15) is 8.42 Å². The number of nitrogens with zero attached hydrogens (tertiary/aromatic N) is 4. The van der Waals surface area contributed by atoms with Crippen molar-refractivity contribution in [1.29, 1.82) is 0 Å². The van der Waals surface area contributed by atoms with E-state index in [0.717, 1.165) is 22.2 Å². The standard InChI is InChI=1S/C18H15N5O2S2/c24-27(25,11-9-14-4-2-1-3-5-14)19-12-18-21-20-17-7-6-16(22-23(17)18)15-8-10-26-13-15/h1-11,13,19H,12H2/b11-9+. The Balaban J connectivity index is 1.53. The number of rotatable bonds is 6. The van der Waals surface area contributed by atoms with Gasteiger partial charge in [0.05, 0.1) is 12.2 Å². The molecule has 4 aromatic rings. The average Bonchev–Trinajstić information content (AvgIpc) is 3.35. The van der Waals surface area contributed by atoms with Gasteiger partial charge < -0.3 is 0 Å². The molecule has 136 valence electrons. The van der Waals surface area contributed by atoms with E-state index in [-0.39, 0.29) is 6.54 Å². The maximum absolute atomic E-state index is 12.2. The fourth-order valence-corrected chi connectivity index (χ4v) is 3.87. The Morgan fingerprint density at radius 3 is 2.70 bits per heavy atom. The highest BCUT2D eigenvalue weighted by molar-refractivity contribution is 7.92. The molecule has 0 fully saturated rings. The van der Waals surface area contributed by atoms with Crippen molar-refractivity contribution in [2.45, 2.75) is 6.54 Å². The summed E-state index contributed by atoms with van der Waals surface area (Å²) >= 11 is 1.58. The van der Waals surface area contributed by atoms with Gasteiger partial charge >= 0.3 is 0 Å². The zero-order valence-corrected chi connectivity index (χ0v) is 15.7. The first-order valence-electron chi connectivity index (χ1n) is 8.07. The van der Waals surface area contributed by atoms with Crippen LogP contribution in [0.25, 0.3) is 23.0 Å². The Labute approximate surface area is 160 Å². The van der Waals surface area contributed by atoms with Crippen LogP contribution >= 0.6 is 11.3 Å². The first-order chi connectivity index (χ1) is 13.1. The number of hydrogen-bond donors (Lipinski definition) is 1. The Morgan fingerprint density at radius 1 is 1.07 bits per heavy atom. The molecule has 0 aliphatic carbocycles. The van der Waals surface area contributed by atoms with Crippen molar-refractivity contribution in [3.8, 4) is 11.3 Å². The maximum Gasteiger partial charge on any atom is 0.234 e. The Bertz CT molecular complexity index is 1180. The second-order valence-corrected chi connectivity index (χ2v) is 8.13. The second kappa shape index (κ2) is 7.39. The van der Waals surface area contributed by atoms with Crippen LogP contribution in [0.3, 0.4) is 0 Å². The number of sulfonamides is 1. The minimum Gasteiger partial charge on any atom is -0.208 e. The molecule has 27 heavy (non-hydrogen) atoms. The van der Waals surface area contributed by atoms with Crippen LogP contribution in [0.5, 0.6) is 0 Å². The molecule has 1 N–H and O–H groups in total. The summed E-state index contributed by atoms with van der Waals surface area (Å²) in [6.45, 7) is -0.0112. The zero-order chi connectivity index (χ0) is 18.7. The smallest absolute Gasteiger partial charge is 0.208 e. The lowest BCUT2D eigenvalue weighted by Crippen LogP contribution is -2.22. The number of fused-ring (bicyclic) bond motifs is 1. The van der Waals surface area contributed by atoms with Crippen molar-refractivity contribution in [3.63, 3.8) is 0 Å². The highest BCUT2D eigenvalue weighted by atomic mass is 32.2. The van der Waals surface area contributed by atoms with Crippen LogP contribution in [-0.4, -0.2) is 28.2 Å². The summed E-state index contributed by atoms with van der Waals surface area (Å²) in [5.41, 5.74) is 3.13. The van der Waals surface area contributed by atoms with E-state index in [0.29, 0.717) is 11.5 Å². The first-order valence-corrected chi connectivity index (χ1v) is 10.6. The molecule has 4 rings (SSSR count). The predicted molar refractivity (Wildman–Crippen MR) is 105 cm³/mol. The summed E-state index contributed by atoms with van der Waals surface area (Å²) in [6.07, 6.45) is 1.54. The summed E-state index contributed by atoms with van der Waals surface area (Å²) in [4.78, 5) is 0. The second-order valence-electron chi connectivity index (χ2n) is 5.70. The van der Waals surface area contributed by atoms with Gasteiger partial charge in [-0.2, -0.15) is 21.0 Å². The number of aromatic nitrogens is 4. The van der Waals surface area contributed by atoms with Gasteiger partial charge in [-0.25, -0.2) is 13.1 Å². The lowest BCUT2D eigenvalue weighted by Gasteiger charge is -2.03. The minimum atomic E-state index is -3.62. The summed E-state index contributed by atoms with van der Waals surface area (Å²) in [7, 11) is -3.62. The van der Waals surface area contributed by atoms with Crippen LogP contribution in [0, 0.1) is 0 Å². The third kappa shape index (κ3) is 4.11. The SMILES string of the molecule is O=S(=O)(/C=C/c1ccccc1)NCc1nnc2ccc(-c3ccsc3)nn12. The number of nitrogens with one attached hydrogen (secondary N) is 1. The van der Waals surface area contributed by atoms with Crippen molar-refractivity contribution in [1.82, 2.24) is 24.5 Å². The molecule has 0 aliphatic heterocycles. The predicted octanol–water partition coefficient (Wildman–Crippen LogP) is 2.94. The van der Waals surface area contributed by atoms with E-state index in [1.165, 1.54) is 6.08 Å². The molecule has 1 aromatic carbocycles. The van der Waals surface area contributed by atoms with Crippen molar-refractivity contribution >= 4 is 33.1 Å².